The Labute approximate surface area is 114 Å². The first-order chi connectivity index (χ1) is 7.57. The van der Waals surface area contributed by atoms with Gasteiger partial charge in [-0.25, -0.2) is 4.98 Å². The van der Waals surface area contributed by atoms with Gasteiger partial charge in [0.25, 0.3) is 0 Å². The molecule has 0 aromatic carbocycles. The third-order valence-electron chi connectivity index (χ3n) is 1.86. The van der Waals surface area contributed by atoms with Crippen LogP contribution in [0.25, 0.3) is 0 Å². The molecule has 17 heavy (non-hydrogen) atoms. The second-order valence-electron chi connectivity index (χ2n) is 6.22. The van der Waals surface area contributed by atoms with Crippen molar-refractivity contribution in [3.8, 4) is 0 Å². The maximum atomic E-state index is 4.55. The monoisotopic (exact) mass is 269 g/mol. The van der Waals surface area contributed by atoms with Crippen LogP contribution in [0.4, 0.5) is 0 Å². The number of aryl methyl sites for hydroxylation is 1. The smallest absolute Gasteiger partial charge is 0.0968 e. The van der Waals surface area contributed by atoms with E-state index in [2.05, 4.69) is 59.5 Å². The first-order valence-corrected chi connectivity index (χ1v) is 7.55. The van der Waals surface area contributed by atoms with Gasteiger partial charge >= 0.3 is 0 Å². The summed E-state index contributed by atoms with van der Waals surface area (Å²) in [6.07, 6.45) is 2.01. The van der Waals surface area contributed by atoms with Gasteiger partial charge in [-0.15, -0.1) is 23.5 Å². The molecule has 0 unspecified atom stereocenters. The molecule has 0 saturated heterocycles. The lowest BCUT2D eigenvalue weighted by molar-refractivity contribution is 0.795. The highest BCUT2D eigenvalue weighted by atomic mass is 32.2. The summed E-state index contributed by atoms with van der Waals surface area (Å²) < 4.78 is 0.462. The van der Waals surface area contributed by atoms with E-state index in [-0.39, 0.29) is 9.49 Å². The van der Waals surface area contributed by atoms with Gasteiger partial charge in [-0.1, -0.05) is 41.5 Å². The van der Waals surface area contributed by atoms with Gasteiger partial charge < -0.3 is 0 Å². The van der Waals surface area contributed by atoms with Crippen LogP contribution in [0.1, 0.15) is 47.1 Å². The second kappa shape index (κ2) is 5.23. The lowest BCUT2D eigenvalue weighted by atomic mass is 10.3. The largest absolute Gasteiger partial charge is 0.249 e. The second-order valence-corrected chi connectivity index (χ2v) is 9.93. The van der Waals surface area contributed by atoms with Crippen molar-refractivity contribution in [2.75, 3.05) is 0 Å². The van der Waals surface area contributed by atoms with Gasteiger partial charge in [-0.05, 0) is 18.6 Å². The molecule has 96 valence electrons. The van der Waals surface area contributed by atoms with Crippen LogP contribution in [0.15, 0.2) is 22.2 Å². The van der Waals surface area contributed by atoms with E-state index < -0.39 is 0 Å². The minimum Gasteiger partial charge on any atom is -0.249 e. The number of thioether (sulfide) groups is 2. The summed E-state index contributed by atoms with van der Waals surface area (Å²) in [5, 5.41) is 1.12. The normalized spacial score (nSPS) is 12.9. The Morgan fingerprint density at radius 2 is 1.47 bits per heavy atom. The highest BCUT2D eigenvalue weighted by Gasteiger charge is 2.16. The summed E-state index contributed by atoms with van der Waals surface area (Å²) in [5.74, 6) is 0. The van der Waals surface area contributed by atoms with Crippen LogP contribution in [0.5, 0.6) is 0 Å². The quantitative estimate of drug-likeness (QED) is 0.687. The standard InChI is InChI=1S/C14H23NS2/c1-10-8-12(17-14(5,6)7)15-9-11(10)16-13(2,3)4/h8-9H,1-7H3. The summed E-state index contributed by atoms with van der Waals surface area (Å²) in [5.41, 5.74) is 1.33. The molecular weight excluding hydrogens is 246 g/mol. The summed E-state index contributed by atoms with van der Waals surface area (Å²) >= 11 is 3.70. The molecule has 0 saturated carbocycles. The Balaban J connectivity index is 2.87. The van der Waals surface area contributed by atoms with Gasteiger partial charge in [0, 0.05) is 20.6 Å². The maximum absolute atomic E-state index is 4.55. The van der Waals surface area contributed by atoms with E-state index in [1.54, 1.807) is 0 Å². The molecule has 1 nitrogen and oxygen atoms in total. The van der Waals surface area contributed by atoms with E-state index in [1.165, 1.54) is 10.5 Å². The molecule has 0 aliphatic carbocycles. The van der Waals surface area contributed by atoms with Crippen molar-refractivity contribution < 1.29 is 0 Å². The molecule has 0 atom stereocenters. The fraction of sp³-hybridized carbons (Fsp3) is 0.643. The number of hydrogen-bond donors (Lipinski definition) is 0. The topological polar surface area (TPSA) is 12.9 Å². The van der Waals surface area contributed by atoms with Crippen molar-refractivity contribution >= 4 is 23.5 Å². The molecule has 0 radical (unpaired) electrons. The molecule has 1 aromatic heterocycles. The van der Waals surface area contributed by atoms with Gasteiger partial charge in [0.2, 0.25) is 0 Å². The number of aromatic nitrogens is 1. The van der Waals surface area contributed by atoms with E-state index >= 15 is 0 Å². The molecular formula is C14H23NS2. The van der Waals surface area contributed by atoms with E-state index in [4.69, 9.17) is 0 Å². The van der Waals surface area contributed by atoms with Gasteiger partial charge in [-0.2, -0.15) is 0 Å². The molecule has 0 aliphatic rings. The Hall–Kier alpha value is -0.150. The lowest BCUT2D eigenvalue weighted by Crippen LogP contribution is -2.09. The molecule has 0 bridgehead atoms. The Morgan fingerprint density at radius 1 is 0.941 bits per heavy atom. The Morgan fingerprint density at radius 3 is 1.88 bits per heavy atom. The van der Waals surface area contributed by atoms with Crippen molar-refractivity contribution in [3.63, 3.8) is 0 Å². The zero-order valence-electron chi connectivity index (χ0n) is 11.9. The molecule has 1 rings (SSSR count). The molecule has 0 spiro atoms. The summed E-state index contributed by atoms with van der Waals surface area (Å²) in [6.45, 7) is 15.5. The van der Waals surface area contributed by atoms with Gasteiger partial charge in [0.15, 0.2) is 0 Å². The molecule has 0 aliphatic heterocycles. The molecule has 0 fully saturated rings. The summed E-state index contributed by atoms with van der Waals surface area (Å²) in [6, 6.07) is 2.20. The highest BCUT2D eigenvalue weighted by molar-refractivity contribution is 8.01. The predicted octanol–water partition coefficient (Wildman–Crippen LogP) is 5.17. The molecule has 0 N–H and O–H groups in total. The zero-order valence-corrected chi connectivity index (χ0v) is 13.6. The minimum absolute atomic E-state index is 0.220. The van der Waals surface area contributed by atoms with Crippen molar-refractivity contribution in [2.24, 2.45) is 0 Å². The predicted molar refractivity (Wildman–Crippen MR) is 80.2 cm³/mol. The highest BCUT2D eigenvalue weighted by Crippen LogP contribution is 2.36. The zero-order chi connectivity index (χ0) is 13.3. The lowest BCUT2D eigenvalue weighted by Gasteiger charge is -2.20. The number of rotatable bonds is 2. The fourth-order valence-corrected chi connectivity index (χ4v) is 3.28. The van der Waals surface area contributed by atoms with Gasteiger partial charge in [-0.3, -0.25) is 0 Å². The molecule has 3 heteroatoms. The van der Waals surface area contributed by atoms with Crippen molar-refractivity contribution in [2.45, 2.75) is 67.9 Å². The number of pyridine rings is 1. The molecule has 1 aromatic rings. The van der Waals surface area contributed by atoms with Crippen LogP contribution in [0.2, 0.25) is 0 Å². The minimum atomic E-state index is 0.220. The van der Waals surface area contributed by atoms with Gasteiger partial charge in [0.05, 0.1) is 5.03 Å². The van der Waals surface area contributed by atoms with Crippen molar-refractivity contribution in [1.82, 2.24) is 4.98 Å². The SMILES string of the molecule is Cc1cc(SC(C)(C)C)ncc1SC(C)(C)C. The van der Waals surface area contributed by atoms with Crippen LogP contribution in [-0.4, -0.2) is 14.5 Å². The van der Waals surface area contributed by atoms with E-state index in [9.17, 15) is 0 Å². The van der Waals surface area contributed by atoms with E-state index in [1.807, 2.05) is 29.7 Å². The number of hydrogen-bond acceptors (Lipinski definition) is 3. The average molecular weight is 269 g/mol. The average Bonchev–Trinajstić information content (AvgIpc) is 2.05. The van der Waals surface area contributed by atoms with E-state index in [0.717, 1.165) is 5.03 Å². The summed E-state index contributed by atoms with van der Waals surface area (Å²) in [4.78, 5) is 5.84. The van der Waals surface area contributed by atoms with Crippen LogP contribution in [0, 0.1) is 6.92 Å². The Bertz CT molecular complexity index is 386. The third-order valence-corrected chi connectivity index (χ3v) is 4.17. The maximum Gasteiger partial charge on any atom is 0.0968 e. The first-order valence-electron chi connectivity index (χ1n) is 5.91. The van der Waals surface area contributed by atoms with Crippen LogP contribution in [0.3, 0.4) is 0 Å². The van der Waals surface area contributed by atoms with Crippen molar-refractivity contribution in [3.05, 3.63) is 17.8 Å². The van der Waals surface area contributed by atoms with Crippen molar-refractivity contribution in [1.29, 1.82) is 0 Å². The fourth-order valence-electron chi connectivity index (χ4n) is 1.32. The molecule has 1 heterocycles. The van der Waals surface area contributed by atoms with E-state index in [0.29, 0.717) is 0 Å². The molecule has 0 amide bonds. The van der Waals surface area contributed by atoms with Crippen LogP contribution in [-0.2, 0) is 0 Å². The Kier molecular flexibility index (Phi) is 4.59. The first kappa shape index (κ1) is 14.9. The third kappa shape index (κ3) is 5.82. The van der Waals surface area contributed by atoms with Gasteiger partial charge in [0.1, 0.15) is 0 Å². The van der Waals surface area contributed by atoms with Crippen LogP contribution >= 0.6 is 23.5 Å². The number of nitrogens with zero attached hydrogens (tertiary/aromatic N) is 1. The van der Waals surface area contributed by atoms with Crippen LogP contribution < -0.4 is 0 Å². The summed E-state index contributed by atoms with van der Waals surface area (Å²) in [7, 11) is 0.